The lowest BCUT2D eigenvalue weighted by molar-refractivity contribution is -0.138. The Morgan fingerprint density at radius 3 is 2.39 bits per heavy atom. The zero-order valence-corrected chi connectivity index (χ0v) is 16.3. The summed E-state index contributed by atoms with van der Waals surface area (Å²) in [4.78, 5) is 16.0. The van der Waals surface area contributed by atoms with E-state index in [2.05, 4.69) is 15.8 Å². The highest BCUT2D eigenvalue weighted by Crippen LogP contribution is 2.35. The zero-order chi connectivity index (χ0) is 23.0. The smallest absolute Gasteiger partial charge is 0.312 e. The molecule has 0 bridgehead atoms. The van der Waals surface area contributed by atoms with Crippen molar-refractivity contribution in [3.63, 3.8) is 0 Å². The van der Waals surface area contributed by atoms with Crippen molar-refractivity contribution in [3.05, 3.63) is 76.2 Å². The largest absolute Gasteiger partial charge is 0.418 e. The molecule has 0 aliphatic heterocycles. The molecule has 3 aromatic rings. The van der Waals surface area contributed by atoms with E-state index in [1.54, 1.807) is 0 Å². The number of carbonyl (C=O) groups excluding carboxylic acids is 1. The maximum Gasteiger partial charge on any atom is 0.418 e. The number of amides is 1. The number of carbonyl (C=O) groups is 1. The Balaban J connectivity index is 1.85. The highest BCUT2D eigenvalue weighted by molar-refractivity contribution is 6.33. The number of rotatable bonds is 4. The molecule has 0 aliphatic rings. The van der Waals surface area contributed by atoms with Crippen molar-refractivity contribution in [2.75, 3.05) is 5.43 Å². The van der Waals surface area contributed by atoms with E-state index in [0.717, 1.165) is 10.6 Å². The average molecular weight is 463 g/mol. The van der Waals surface area contributed by atoms with Gasteiger partial charge in [0.1, 0.15) is 5.69 Å². The van der Waals surface area contributed by atoms with Crippen LogP contribution in [0.3, 0.4) is 0 Å². The summed E-state index contributed by atoms with van der Waals surface area (Å²) in [5.41, 5.74) is 2.38. The van der Waals surface area contributed by atoms with Gasteiger partial charge in [0, 0.05) is 12.4 Å². The van der Waals surface area contributed by atoms with E-state index in [9.17, 15) is 31.1 Å². The van der Waals surface area contributed by atoms with Crippen molar-refractivity contribution < 1.29 is 31.1 Å². The third kappa shape index (κ3) is 4.93. The van der Waals surface area contributed by atoms with Crippen molar-refractivity contribution in [2.24, 2.45) is 0 Å². The number of hydrazine groups is 1. The van der Waals surface area contributed by atoms with E-state index in [1.807, 2.05) is 0 Å². The SMILES string of the molecule is Cc1ccc(-n2cccc2C(=O)NNc2ncc(C(F)(F)F)cc2Cl)c(C(F)(F)F)c1. The van der Waals surface area contributed by atoms with E-state index in [1.165, 1.54) is 37.4 Å². The summed E-state index contributed by atoms with van der Waals surface area (Å²) in [5.74, 6) is -1.14. The van der Waals surface area contributed by atoms with Crippen LogP contribution in [0.15, 0.2) is 48.8 Å². The predicted molar refractivity (Wildman–Crippen MR) is 101 cm³/mol. The Morgan fingerprint density at radius 1 is 1.06 bits per heavy atom. The quantitative estimate of drug-likeness (QED) is 0.390. The zero-order valence-electron chi connectivity index (χ0n) is 15.6. The summed E-state index contributed by atoms with van der Waals surface area (Å²) in [6, 6.07) is 6.93. The van der Waals surface area contributed by atoms with Crippen LogP contribution in [-0.2, 0) is 12.4 Å². The summed E-state index contributed by atoms with van der Waals surface area (Å²) in [5, 5.41) is -0.414. The Bertz CT molecular complexity index is 1120. The molecule has 0 saturated carbocycles. The van der Waals surface area contributed by atoms with Crippen molar-refractivity contribution in [2.45, 2.75) is 19.3 Å². The fourth-order valence-corrected chi connectivity index (χ4v) is 2.94. The summed E-state index contributed by atoms with van der Waals surface area (Å²) in [6.07, 6.45) is -7.51. The number of aromatic nitrogens is 2. The van der Waals surface area contributed by atoms with Gasteiger partial charge in [0.2, 0.25) is 0 Å². The number of nitrogens with zero attached hydrogens (tertiary/aromatic N) is 2. The molecule has 0 fully saturated rings. The summed E-state index contributed by atoms with van der Waals surface area (Å²) < 4.78 is 79.4. The highest BCUT2D eigenvalue weighted by atomic mass is 35.5. The molecule has 2 N–H and O–H groups in total. The first kappa shape index (κ1) is 22.5. The summed E-state index contributed by atoms with van der Waals surface area (Å²) >= 11 is 5.75. The van der Waals surface area contributed by atoms with Gasteiger partial charge in [0.15, 0.2) is 5.82 Å². The number of hydrogen-bond acceptors (Lipinski definition) is 3. The summed E-state index contributed by atoms with van der Waals surface area (Å²) in [6.45, 7) is 1.51. The topological polar surface area (TPSA) is 59.0 Å². The van der Waals surface area contributed by atoms with Gasteiger partial charge < -0.3 is 4.57 Å². The predicted octanol–water partition coefficient (Wildman–Crippen LogP) is 5.63. The van der Waals surface area contributed by atoms with Crippen LogP contribution >= 0.6 is 11.6 Å². The molecular weight excluding hydrogens is 450 g/mol. The van der Waals surface area contributed by atoms with E-state index in [0.29, 0.717) is 17.8 Å². The van der Waals surface area contributed by atoms with Gasteiger partial charge in [-0.1, -0.05) is 23.2 Å². The molecule has 3 rings (SSSR count). The maximum atomic E-state index is 13.5. The third-order valence-electron chi connectivity index (χ3n) is 4.16. The Hall–Kier alpha value is -3.21. The molecular formula is C19H13ClF6N4O. The summed E-state index contributed by atoms with van der Waals surface area (Å²) in [7, 11) is 0. The first-order valence-electron chi connectivity index (χ1n) is 8.52. The van der Waals surface area contributed by atoms with Crippen molar-refractivity contribution in [3.8, 4) is 5.69 Å². The normalized spacial score (nSPS) is 12.0. The number of aryl methyl sites for hydroxylation is 1. The van der Waals surface area contributed by atoms with Crippen LogP contribution in [0.25, 0.3) is 5.69 Å². The van der Waals surface area contributed by atoms with E-state index >= 15 is 0 Å². The minimum atomic E-state index is -4.66. The molecule has 1 amide bonds. The van der Waals surface area contributed by atoms with Gasteiger partial charge in [-0.3, -0.25) is 15.6 Å². The molecule has 164 valence electrons. The molecule has 0 unspecified atom stereocenters. The molecule has 1 aromatic carbocycles. The minimum Gasteiger partial charge on any atom is -0.312 e. The number of halogens is 7. The number of anilines is 1. The minimum absolute atomic E-state index is 0.162. The van der Waals surface area contributed by atoms with Gasteiger partial charge in [0.05, 0.1) is 21.8 Å². The average Bonchev–Trinajstić information content (AvgIpc) is 3.15. The van der Waals surface area contributed by atoms with Gasteiger partial charge in [-0.2, -0.15) is 26.3 Å². The lowest BCUT2D eigenvalue weighted by Gasteiger charge is -2.17. The molecule has 12 heteroatoms. The Kier molecular flexibility index (Phi) is 5.90. The first-order valence-corrected chi connectivity index (χ1v) is 8.90. The van der Waals surface area contributed by atoms with Gasteiger partial charge >= 0.3 is 12.4 Å². The van der Waals surface area contributed by atoms with Crippen LogP contribution in [0.5, 0.6) is 0 Å². The van der Waals surface area contributed by atoms with Crippen LogP contribution in [0.4, 0.5) is 32.2 Å². The second-order valence-corrected chi connectivity index (χ2v) is 6.82. The van der Waals surface area contributed by atoms with Crippen LogP contribution in [-0.4, -0.2) is 15.5 Å². The molecule has 0 saturated heterocycles. The van der Waals surface area contributed by atoms with Crippen molar-refractivity contribution in [1.82, 2.24) is 15.0 Å². The van der Waals surface area contributed by atoms with E-state index in [4.69, 9.17) is 11.6 Å². The lowest BCUT2D eigenvalue weighted by Crippen LogP contribution is -2.31. The first-order chi connectivity index (χ1) is 14.4. The second-order valence-electron chi connectivity index (χ2n) is 6.41. The fourth-order valence-electron chi connectivity index (χ4n) is 2.73. The Labute approximate surface area is 176 Å². The van der Waals surface area contributed by atoms with E-state index in [-0.39, 0.29) is 17.2 Å². The van der Waals surface area contributed by atoms with Gasteiger partial charge in [0.25, 0.3) is 5.91 Å². The number of alkyl halides is 6. The molecule has 0 spiro atoms. The molecule has 2 heterocycles. The molecule has 0 atom stereocenters. The Morgan fingerprint density at radius 2 is 1.77 bits per heavy atom. The third-order valence-corrected chi connectivity index (χ3v) is 4.45. The highest BCUT2D eigenvalue weighted by Gasteiger charge is 2.35. The molecule has 5 nitrogen and oxygen atoms in total. The second kappa shape index (κ2) is 8.14. The number of hydrogen-bond donors (Lipinski definition) is 2. The maximum absolute atomic E-state index is 13.5. The van der Waals surface area contributed by atoms with Crippen molar-refractivity contribution >= 4 is 23.3 Å². The number of nitrogens with one attached hydrogen (secondary N) is 2. The standard InChI is InChI=1S/C19H13ClF6N4O/c1-10-4-5-14(12(7-10)19(24,25)26)30-6-2-3-15(30)17(31)29-28-16-13(20)8-11(9-27-16)18(21,22)23/h2-9H,1H3,(H,27,28)(H,29,31). The molecule has 0 aliphatic carbocycles. The van der Waals surface area contributed by atoms with Crippen molar-refractivity contribution in [1.29, 1.82) is 0 Å². The monoisotopic (exact) mass is 462 g/mol. The van der Waals surface area contributed by atoms with Crippen LogP contribution < -0.4 is 10.9 Å². The number of pyridine rings is 1. The molecule has 0 radical (unpaired) electrons. The van der Waals surface area contributed by atoms with Crippen LogP contribution in [0.1, 0.15) is 27.2 Å². The molecule has 31 heavy (non-hydrogen) atoms. The van der Waals surface area contributed by atoms with Crippen LogP contribution in [0, 0.1) is 6.92 Å². The van der Waals surface area contributed by atoms with Crippen LogP contribution in [0.2, 0.25) is 5.02 Å². The molecule has 2 aromatic heterocycles. The van der Waals surface area contributed by atoms with Gasteiger partial charge in [-0.15, -0.1) is 0 Å². The van der Waals surface area contributed by atoms with E-state index < -0.39 is 34.4 Å². The lowest BCUT2D eigenvalue weighted by atomic mass is 10.1. The number of benzene rings is 1. The van der Waals surface area contributed by atoms with Gasteiger partial charge in [-0.05, 0) is 37.3 Å². The fraction of sp³-hybridized carbons (Fsp3) is 0.158. The van der Waals surface area contributed by atoms with Gasteiger partial charge in [-0.25, -0.2) is 4.98 Å².